The molecule has 0 aliphatic rings. The number of aryl methyl sites for hydroxylation is 2. The Labute approximate surface area is 208 Å². The maximum absolute atomic E-state index is 12.9. The highest BCUT2D eigenvalue weighted by molar-refractivity contribution is 6.10. The van der Waals surface area contributed by atoms with Gasteiger partial charge >= 0.3 is 18.0 Å². The number of amides is 2. The third kappa shape index (κ3) is 6.11. The molecule has 0 aliphatic carbocycles. The number of esters is 2. The van der Waals surface area contributed by atoms with Crippen LogP contribution in [0.2, 0.25) is 0 Å². The van der Waals surface area contributed by atoms with Gasteiger partial charge in [-0.05, 0) is 60.0 Å². The van der Waals surface area contributed by atoms with Crippen molar-refractivity contribution < 1.29 is 19.1 Å². The van der Waals surface area contributed by atoms with Crippen LogP contribution >= 0.6 is 0 Å². The minimum atomic E-state index is -0.854. The van der Waals surface area contributed by atoms with Crippen molar-refractivity contribution in [2.45, 2.75) is 20.4 Å². The Bertz CT molecular complexity index is 1400. The minimum Gasteiger partial charge on any atom is -0.388 e. The van der Waals surface area contributed by atoms with Gasteiger partial charge in [0.2, 0.25) is 0 Å². The zero-order valence-corrected chi connectivity index (χ0v) is 20.0. The van der Waals surface area contributed by atoms with Crippen molar-refractivity contribution in [1.29, 1.82) is 0 Å². The van der Waals surface area contributed by atoms with Crippen LogP contribution in [-0.4, -0.2) is 29.5 Å². The summed E-state index contributed by atoms with van der Waals surface area (Å²) < 4.78 is 5.07. The molecule has 4 aromatic rings. The molecule has 36 heavy (non-hydrogen) atoms. The van der Waals surface area contributed by atoms with Gasteiger partial charge in [-0.15, -0.1) is 0 Å². The van der Waals surface area contributed by atoms with E-state index in [-0.39, 0.29) is 17.8 Å². The topological polar surface area (TPSA) is 109 Å². The number of aromatic nitrogens is 1. The largest absolute Gasteiger partial charge is 0.388 e. The molecule has 0 saturated heterocycles. The molecule has 3 N–H and O–H groups in total. The molecular weight excluding hydrogens is 456 g/mol. The van der Waals surface area contributed by atoms with E-state index < -0.39 is 18.0 Å². The normalized spacial score (nSPS) is 10.6. The molecule has 0 aliphatic heterocycles. The SMILES string of the molecule is Cc1cccc(C)c1NC(=O)Nc1cc2ccccc2cc1C(=O)OC(=O)CNCc1ccccn1. The van der Waals surface area contributed by atoms with Gasteiger partial charge in [0.15, 0.2) is 0 Å². The molecule has 4 rings (SSSR count). The summed E-state index contributed by atoms with van der Waals surface area (Å²) >= 11 is 0. The Morgan fingerprint density at radius 2 is 1.53 bits per heavy atom. The highest BCUT2D eigenvalue weighted by Gasteiger charge is 2.20. The second-order valence-electron chi connectivity index (χ2n) is 8.28. The smallest absolute Gasteiger partial charge is 0.347 e. The first-order chi connectivity index (χ1) is 17.4. The van der Waals surface area contributed by atoms with E-state index in [4.69, 9.17) is 4.74 Å². The van der Waals surface area contributed by atoms with Gasteiger partial charge in [-0.2, -0.15) is 0 Å². The number of urea groups is 1. The number of rotatable bonds is 7. The second-order valence-corrected chi connectivity index (χ2v) is 8.28. The monoisotopic (exact) mass is 482 g/mol. The van der Waals surface area contributed by atoms with Gasteiger partial charge in [0.25, 0.3) is 0 Å². The van der Waals surface area contributed by atoms with Crippen molar-refractivity contribution in [3.63, 3.8) is 0 Å². The van der Waals surface area contributed by atoms with Crippen LogP contribution in [0.4, 0.5) is 16.2 Å². The number of hydrogen-bond acceptors (Lipinski definition) is 6. The van der Waals surface area contributed by atoms with Gasteiger partial charge in [0.05, 0.1) is 23.5 Å². The maximum Gasteiger partial charge on any atom is 0.347 e. The Morgan fingerprint density at radius 1 is 0.833 bits per heavy atom. The predicted octanol–water partition coefficient (Wildman–Crippen LogP) is 4.97. The molecule has 182 valence electrons. The molecule has 3 aromatic carbocycles. The summed E-state index contributed by atoms with van der Waals surface area (Å²) in [5, 5.41) is 10.1. The molecule has 1 aromatic heterocycles. The average molecular weight is 483 g/mol. The summed E-state index contributed by atoms with van der Waals surface area (Å²) in [6.45, 7) is 3.97. The fourth-order valence-corrected chi connectivity index (χ4v) is 3.78. The van der Waals surface area contributed by atoms with Crippen LogP contribution in [0.15, 0.2) is 79.0 Å². The Balaban J connectivity index is 1.49. The van der Waals surface area contributed by atoms with E-state index in [0.29, 0.717) is 12.2 Å². The van der Waals surface area contributed by atoms with Gasteiger partial charge in [-0.1, -0.05) is 48.5 Å². The van der Waals surface area contributed by atoms with Crippen LogP contribution in [0.1, 0.15) is 27.2 Å². The van der Waals surface area contributed by atoms with Crippen molar-refractivity contribution >= 4 is 40.1 Å². The molecule has 0 atom stereocenters. The summed E-state index contributed by atoms with van der Waals surface area (Å²) in [5.74, 6) is -1.59. The van der Waals surface area contributed by atoms with Crippen LogP contribution in [0, 0.1) is 13.8 Å². The van der Waals surface area contributed by atoms with Gasteiger partial charge < -0.3 is 20.7 Å². The lowest BCUT2D eigenvalue weighted by Crippen LogP contribution is -2.27. The highest BCUT2D eigenvalue weighted by Crippen LogP contribution is 2.26. The fraction of sp³-hybridized carbons (Fsp3) is 0.143. The van der Waals surface area contributed by atoms with E-state index in [2.05, 4.69) is 20.9 Å². The zero-order valence-electron chi connectivity index (χ0n) is 20.0. The number of fused-ring (bicyclic) bond motifs is 1. The number of nitrogens with one attached hydrogen (secondary N) is 3. The number of anilines is 2. The Hall–Kier alpha value is -4.56. The summed E-state index contributed by atoms with van der Waals surface area (Å²) in [6.07, 6.45) is 1.66. The molecule has 2 amide bonds. The van der Waals surface area contributed by atoms with Crippen LogP contribution in [0.25, 0.3) is 10.8 Å². The molecule has 1 heterocycles. The average Bonchev–Trinajstić information content (AvgIpc) is 2.86. The predicted molar refractivity (Wildman–Crippen MR) is 139 cm³/mol. The molecule has 0 unspecified atom stereocenters. The van der Waals surface area contributed by atoms with Crippen molar-refractivity contribution in [3.05, 3.63) is 101 Å². The molecule has 8 nitrogen and oxygen atoms in total. The first-order valence-electron chi connectivity index (χ1n) is 11.4. The molecular formula is C28H26N4O4. The molecule has 0 radical (unpaired) electrons. The van der Waals surface area contributed by atoms with Crippen molar-refractivity contribution in [2.24, 2.45) is 0 Å². The molecule has 0 saturated carbocycles. The lowest BCUT2D eigenvalue weighted by Gasteiger charge is -2.15. The number of carbonyl (C=O) groups is 3. The lowest BCUT2D eigenvalue weighted by atomic mass is 10.0. The second kappa shape index (κ2) is 11.2. The first-order valence-corrected chi connectivity index (χ1v) is 11.4. The van der Waals surface area contributed by atoms with Gasteiger partial charge in [0, 0.05) is 18.4 Å². The quantitative estimate of drug-likeness (QED) is 0.254. The number of pyridine rings is 1. The van der Waals surface area contributed by atoms with Gasteiger partial charge in [-0.25, -0.2) is 9.59 Å². The number of carbonyl (C=O) groups excluding carboxylic acids is 3. The van der Waals surface area contributed by atoms with Crippen LogP contribution in [0.3, 0.4) is 0 Å². The molecule has 0 bridgehead atoms. The molecule has 8 heteroatoms. The summed E-state index contributed by atoms with van der Waals surface area (Å²) in [6, 6.07) is 21.3. The van der Waals surface area contributed by atoms with E-state index in [1.54, 1.807) is 24.4 Å². The number of ether oxygens (including phenoxy) is 1. The molecule has 0 spiro atoms. The van der Waals surface area contributed by atoms with Crippen molar-refractivity contribution in [3.8, 4) is 0 Å². The van der Waals surface area contributed by atoms with Crippen molar-refractivity contribution in [1.82, 2.24) is 10.3 Å². The zero-order chi connectivity index (χ0) is 25.5. The summed E-state index contributed by atoms with van der Waals surface area (Å²) in [7, 11) is 0. The summed E-state index contributed by atoms with van der Waals surface area (Å²) in [5.41, 5.74) is 3.57. The van der Waals surface area contributed by atoms with Crippen molar-refractivity contribution in [2.75, 3.05) is 17.2 Å². The van der Waals surface area contributed by atoms with E-state index in [1.807, 2.05) is 68.4 Å². The summed E-state index contributed by atoms with van der Waals surface area (Å²) in [4.78, 5) is 42.3. The third-order valence-electron chi connectivity index (χ3n) is 5.58. The Kier molecular flexibility index (Phi) is 7.67. The van der Waals surface area contributed by atoms with E-state index in [9.17, 15) is 14.4 Å². The Morgan fingerprint density at radius 3 is 2.22 bits per heavy atom. The fourth-order valence-electron chi connectivity index (χ4n) is 3.78. The van der Waals surface area contributed by atoms with E-state index >= 15 is 0 Å². The minimum absolute atomic E-state index is 0.0726. The van der Waals surface area contributed by atoms with E-state index in [1.165, 1.54) is 0 Å². The van der Waals surface area contributed by atoms with Crippen LogP contribution < -0.4 is 16.0 Å². The molecule has 0 fully saturated rings. The highest BCUT2D eigenvalue weighted by atomic mass is 16.6. The third-order valence-corrected chi connectivity index (χ3v) is 5.58. The van der Waals surface area contributed by atoms with Crippen LogP contribution in [0.5, 0.6) is 0 Å². The standard InChI is InChI=1S/C28H26N4O4/c1-18-8-7-9-19(2)26(18)32-28(35)31-24-15-21-11-4-3-10-20(21)14-23(24)27(34)36-25(33)17-29-16-22-12-5-6-13-30-22/h3-15,29H,16-17H2,1-2H3,(H2,31,32,35). The van der Waals surface area contributed by atoms with Crippen LogP contribution in [-0.2, 0) is 16.1 Å². The van der Waals surface area contributed by atoms with Gasteiger partial charge in [0.1, 0.15) is 0 Å². The number of hydrogen-bond donors (Lipinski definition) is 3. The first kappa shape index (κ1) is 24.6. The lowest BCUT2D eigenvalue weighted by molar-refractivity contribution is -0.136. The number of nitrogens with zero attached hydrogens (tertiary/aromatic N) is 1. The van der Waals surface area contributed by atoms with E-state index in [0.717, 1.165) is 27.6 Å². The number of para-hydroxylation sites is 1. The number of benzene rings is 3. The maximum atomic E-state index is 12.9. The van der Waals surface area contributed by atoms with Gasteiger partial charge in [-0.3, -0.25) is 9.78 Å².